The third-order valence-corrected chi connectivity index (χ3v) is 2.63. The van der Waals surface area contributed by atoms with Crippen LogP contribution in [-0.4, -0.2) is 11.8 Å². The van der Waals surface area contributed by atoms with Gasteiger partial charge >= 0.3 is 5.97 Å². The molecule has 0 N–H and O–H groups in total. The summed E-state index contributed by atoms with van der Waals surface area (Å²) in [4.78, 5) is 23.2. The summed E-state index contributed by atoms with van der Waals surface area (Å²) in [6.45, 7) is 1.82. The van der Waals surface area contributed by atoms with Crippen molar-refractivity contribution in [1.82, 2.24) is 0 Å². The minimum absolute atomic E-state index is 0.117. The molecule has 0 aromatic heterocycles. The van der Waals surface area contributed by atoms with E-state index in [1.54, 1.807) is 12.1 Å². The number of carbonyl (C=O) groups excluding carboxylic acids is 2. The lowest BCUT2D eigenvalue weighted by Gasteiger charge is -2.06. The highest BCUT2D eigenvalue weighted by Crippen LogP contribution is 2.31. The average Bonchev–Trinajstić information content (AvgIpc) is 2.55. The monoisotopic (exact) mass is 204 g/mol. The quantitative estimate of drug-likeness (QED) is 0.545. The van der Waals surface area contributed by atoms with Crippen molar-refractivity contribution < 1.29 is 14.3 Å². The van der Waals surface area contributed by atoms with E-state index in [1.165, 1.54) is 0 Å². The number of esters is 1. The number of cyclic esters (lactones) is 1. The normalized spacial score (nSPS) is 25.4. The zero-order chi connectivity index (χ0) is 10.8. The molecule has 1 aliphatic heterocycles. The van der Waals surface area contributed by atoms with Crippen molar-refractivity contribution in [3.05, 3.63) is 35.9 Å². The number of Topliss-reactive ketones (excluding diaryl/α,β-unsaturated/α-hetero) is 1. The third-order valence-electron chi connectivity index (χ3n) is 2.63. The molecule has 0 spiro atoms. The van der Waals surface area contributed by atoms with E-state index in [0.29, 0.717) is 6.42 Å². The van der Waals surface area contributed by atoms with Gasteiger partial charge in [-0.3, -0.25) is 9.59 Å². The van der Waals surface area contributed by atoms with E-state index in [2.05, 4.69) is 0 Å². The predicted octanol–water partition coefficient (Wildman–Crippen LogP) is 1.88. The minimum atomic E-state index is -0.691. The molecule has 0 aliphatic carbocycles. The molecule has 0 bridgehead atoms. The fourth-order valence-electron chi connectivity index (χ4n) is 1.78. The summed E-state index contributed by atoms with van der Waals surface area (Å²) in [5.41, 5.74) is 0.756. The molecule has 3 heteroatoms. The zero-order valence-electron chi connectivity index (χ0n) is 8.47. The van der Waals surface area contributed by atoms with Crippen LogP contribution in [0.3, 0.4) is 0 Å². The number of rotatable bonds is 2. The van der Waals surface area contributed by atoms with Gasteiger partial charge in [0.15, 0.2) is 11.9 Å². The van der Waals surface area contributed by atoms with Gasteiger partial charge in [-0.2, -0.15) is 0 Å². The molecule has 0 radical (unpaired) electrons. The van der Waals surface area contributed by atoms with Crippen molar-refractivity contribution in [2.24, 2.45) is 5.92 Å². The summed E-state index contributed by atoms with van der Waals surface area (Å²) in [5.74, 6) is -1.08. The maximum atomic E-state index is 11.8. The molecule has 1 heterocycles. The summed E-state index contributed by atoms with van der Waals surface area (Å²) >= 11 is 0. The molecule has 2 atom stereocenters. The van der Waals surface area contributed by atoms with E-state index in [1.807, 2.05) is 25.1 Å². The standard InChI is InChI=1S/C12H12O3/c1-2-9-10(13)11(15-12(9)14)8-6-4-3-5-7-8/h3-7,9,11H,2H2,1H3. The van der Waals surface area contributed by atoms with Crippen LogP contribution in [0.4, 0.5) is 0 Å². The first kappa shape index (κ1) is 9.90. The molecule has 1 saturated heterocycles. The Bertz CT molecular complexity index is 383. The number of hydrogen-bond donors (Lipinski definition) is 0. The maximum absolute atomic E-state index is 11.8. The largest absolute Gasteiger partial charge is 0.449 e. The van der Waals surface area contributed by atoms with E-state index < -0.39 is 18.0 Å². The van der Waals surface area contributed by atoms with Crippen LogP contribution in [-0.2, 0) is 14.3 Å². The molecule has 0 amide bonds. The predicted molar refractivity (Wildman–Crippen MR) is 54.1 cm³/mol. The van der Waals surface area contributed by atoms with Gasteiger partial charge in [0, 0.05) is 5.56 Å². The SMILES string of the molecule is CCC1C(=O)OC(c2ccccc2)C1=O. The van der Waals surface area contributed by atoms with Gasteiger partial charge in [-0.15, -0.1) is 0 Å². The van der Waals surface area contributed by atoms with Gasteiger partial charge in [-0.25, -0.2) is 0 Å². The Labute approximate surface area is 88.1 Å². The van der Waals surface area contributed by atoms with Crippen LogP contribution < -0.4 is 0 Å². The smallest absolute Gasteiger partial charge is 0.317 e. The Morgan fingerprint density at radius 2 is 1.87 bits per heavy atom. The van der Waals surface area contributed by atoms with Gasteiger partial charge in [0.1, 0.15) is 5.92 Å². The second-order valence-corrected chi connectivity index (χ2v) is 3.59. The van der Waals surface area contributed by atoms with Gasteiger partial charge in [0.2, 0.25) is 0 Å². The van der Waals surface area contributed by atoms with Crippen molar-refractivity contribution >= 4 is 11.8 Å². The Hall–Kier alpha value is -1.64. The van der Waals surface area contributed by atoms with Crippen LogP contribution in [0.15, 0.2) is 30.3 Å². The highest BCUT2D eigenvalue weighted by molar-refractivity contribution is 6.06. The minimum Gasteiger partial charge on any atom is -0.449 e. The number of ketones is 1. The molecule has 1 aliphatic rings. The Morgan fingerprint density at radius 3 is 2.40 bits per heavy atom. The highest BCUT2D eigenvalue weighted by atomic mass is 16.6. The van der Waals surface area contributed by atoms with Crippen molar-refractivity contribution in [2.45, 2.75) is 19.4 Å². The fraction of sp³-hybridized carbons (Fsp3) is 0.333. The lowest BCUT2D eigenvalue weighted by molar-refractivity contribution is -0.144. The first-order valence-corrected chi connectivity index (χ1v) is 5.03. The molecular weight excluding hydrogens is 192 g/mol. The maximum Gasteiger partial charge on any atom is 0.317 e. The topological polar surface area (TPSA) is 43.4 Å². The van der Waals surface area contributed by atoms with E-state index in [-0.39, 0.29) is 5.78 Å². The van der Waals surface area contributed by atoms with Crippen LogP contribution in [0.2, 0.25) is 0 Å². The van der Waals surface area contributed by atoms with Crippen LogP contribution in [0.1, 0.15) is 25.0 Å². The summed E-state index contributed by atoms with van der Waals surface area (Å²) in [6.07, 6.45) is -0.176. The first-order valence-electron chi connectivity index (χ1n) is 5.03. The average molecular weight is 204 g/mol. The number of ether oxygens (including phenoxy) is 1. The van der Waals surface area contributed by atoms with Crippen molar-refractivity contribution in [3.63, 3.8) is 0 Å². The van der Waals surface area contributed by atoms with Gasteiger partial charge in [0.05, 0.1) is 0 Å². The molecule has 3 nitrogen and oxygen atoms in total. The fourth-order valence-corrected chi connectivity index (χ4v) is 1.78. The molecule has 78 valence electrons. The number of hydrogen-bond acceptors (Lipinski definition) is 3. The summed E-state index contributed by atoms with van der Waals surface area (Å²) in [6, 6.07) is 9.12. The second-order valence-electron chi connectivity index (χ2n) is 3.59. The summed E-state index contributed by atoms with van der Waals surface area (Å²) in [7, 11) is 0. The molecule has 2 rings (SSSR count). The Kier molecular flexibility index (Phi) is 2.54. The highest BCUT2D eigenvalue weighted by Gasteiger charge is 2.42. The van der Waals surface area contributed by atoms with E-state index in [4.69, 9.17) is 4.74 Å². The van der Waals surface area contributed by atoms with Crippen LogP contribution >= 0.6 is 0 Å². The van der Waals surface area contributed by atoms with E-state index >= 15 is 0 Å². The third kappa shape index (κ3) is 1.65. The Balaban J connectivity index is 2.27. The summed E-state index contributed by atoms with van der Waals surface area (Å²) in [5, 5.41) is 0. The van der Waals surface area contributed by atoms with Crippen molar-refractivity contribution in [3.8, 4) is 0 Å². The molecule has 1 aromatic rings. The van der Waals surface area contributed by atoms with Gasteiger partial charge in [-0.05, 0) is 6.42 Å². The Morgan fingerprint density at radius 1 is 1.20 bits per heavy atom. The van der Waals surface area contributed by atoms with Crippen LogP contribution in [0.5, 0.6) is 0 Å². The summed E-state index contributed by atoms with van der Waals surface area (Å²) < 4.78 is 5.07. The molecule has 2 unspecified atom stereocenters. The lowest BCUT2D eigenvalue weighted by Crippen LogP contribution is -2.15. The first-order chi connectivity index (χ1) is 7.24. The van der Waals surface area contributed by atoms with Gasteiger partial charge < -0.3 is 4.74 Å². The zero-order valence-corrected chi connectivity index (χ0v) is 8.47. The molecule has 15 heavy (non-hydrogen) atoms. The molecule has 1 fully saturated rings. The van der Waals surface area contributed by atoms with Gasteiger partial charge in [-0.1, -0.05) is 37.3 Å². The molecule has 0 saturated carbocycles. The van der Waals surface area contributed by atoms with Crippen LogP contribution in [0.25, 0.3) is 0 Å². The number of carbonyl (C=O) groups is 2. The van der Waals surface area contributed by atoms with E-state index in [9.17, 15) is 9.59 Å². The lowest BCUT2D eigenvalue weighted by atomic mass is 9.97. The number of benzene rings is 1. The van der Waals surface area contributed by atoms with Crippen molar-refractivity contribution in [2.75, 3.05) is 0 Å². The molecule has 1 aromatic carbocycles. The second kappa shape index (κ2) is 3.85. The van der Waals surface area contributed by atoms with Crippen LogP contribution in [0, 0.1) is 5.92 Å². The molecular formula is C12H12O3. The van der Waals surface area contributed by atoms with Crippen molar-refractivity contribution in [1.29, 1.82) is 0 Å². The van der Waals surface area contributed by atoms with Gasteiger partial charge in [0.25, 0.3) is 0 Å². The van der Waals surface area contributed by atoms with E-state index in [0.717, 1.165) is 5.56 Å².